The molecule has 0 spiro atoms. The predicted molar refractivity (Wildman–Crippen MR) is 48.0 cm³/mol. The molecule has 0 saturated heterocycles. The van der Waals surface area contributed by atoms with Crippen LogP contribution in [-0.2, 0) is 19.3 Å². The van der Waals surface area contributed by atoms with Crippen molar-refractivity contribution in [3.05, 3.63) is 28.6 Å². The Bertz CT molecular complexity index is 405. The summed E-state index contributed by atoms with van der Waals surface area (Å²) in [5.41, 5.74) is 1.89. The molecule has 8 heteroatoms. The first-order valence-corrected chi connectivity index (χ1v) is 4.50. The molecule has 0 aromatic carbocycles. The summed E-state index contributed by atoms with van der Waals surface area (Å²) in [4.78, 5) is 3.02. The molecule has 0 amide bonds. The van der Waals surface area contributed by atoms with Gasteiger partial charge in [0.25, 0.3) is 6.43 Å². The van der Waals surface area contributed by atoms with E-state index in [2.05, 4.69) is 4.98 Å². The Morgan fingerprint density at radius 3 is 2.29 bits per heavy atom. The predicted octanol–water partition coefficient (Wildman–Crippen LogP) is 1.99. The molecule has 0 bridgehead atoms. The number of hydrogen-bond donors (Lipinski definition) is 2. The average molecular weight is 256 g/mol. The monoisotopic (exact) mass is 256 g/mol. The first-order valence-electron chi connectivity index (χ1n) is 4.50. The van der Waals surface area contributed by atoms with Crippen molar-refractivity contribution in [2.24, 2.45) is 5.73 Å². The topological polar surface area (TPSA) is 59.1 Å². The molecule has 17 heavy (non-hydrogen) atoms. The van der Waals surface area contributed by atoms with Gasteiger partial charge >= 0.3 is 6.18 Å². The second kappa shape index (κ2) is 4.92. The maximum atomic E-state index is 12.5. The van der Waals surface area contributed by atoms with Crippen LogP contribution in [0.1, 0.15) is 28.9 Å². The van der Waals surface area contributed by atoms with E-state index >= 15 is 0 Å². The lowest BCUT2D eigenvalue weighted by molar-refractivity contribution is -0.143. The van der Waals surface area contributed by atoms with E-state index in [0.717, 1.165) is 0 Å². The highest BCUT2D eigenvalue weighted by molar-refractivity contribution is 5.33. The van der Waals surface area contributed by atoms with Crippen molar-refractivity contribution < 1.29 is 27.1 Å². The third-order valence-electron chi connectivity index (χ3n) is 2.09. The van der Waals surface area contributed by atoms with Gasteiger partial charge in [-0.25, -0.2) is 13.8 Å². The van der Waals surface area contributed by atoms with Crippen LogP contribution >= 0.6 is 0 Å². The van der Waals surface area contributed by atoms with Gasteiger partial charge in [0, 0.05) is 12.1 Å². The second-order valence-electron chi connectivity index (χ2n) is 3.19. The maximum absolute atomic E-state index is 12.5. The Morgan fingerprint density at radius 2 is 1.94 bits per heavy atom. The highest BCUT2D eigenvalue weighted by atomic mass is 19.4. The van der Waals surface area contributed by atoms with E-state index in [0.29, 0.717) is 6.07 Å². The van der Waals surface area contributed by atoms with Gasteiger partial charge < -0.3 is 10.8 Å². The number of halogens is 5. The minimum Gasteiger partial charge on any atom is -0.390 e. The van der Waals surface area contributed by atoms with Gasteiger partial charge in [0.15, 0.2) is 5.69 Å². The lowest BCUT2D eigenvalue weighted by Gasteiger charge is -2.15. The average Bonchev–Trinajstić information content (AvgIpc) is 2.25. The number of aliphatic hydroxyl groups excluding tert-OH is 1. The number of hydrogen-bond acceptors (Lipinski definition) is 3. The van der Waals surface area contributed by atoms with Crippen LogP contribution in [0, 0.1) is 0 Å². The quantitative estimate of drug-likeness (QED) is 0.813. The Kier molecular flexibility index (Phi) is 3.99. The van der Waals surface area contributed by atoms with E-state index in [1.165, 1.54) is 0 Å². The SMILES string of the molecule is NCc1cc(C(F)F)c(C(F)(F)F)nc1CO. The van der Waals surface area contributed by atoms with Crippen LogP contribution < -0.4 is 5.73 Å². The largest absolute Gasteiger partial charge is 0.433 e. The fourth-order valence-corrected chi connectivity index (χ4v) is 1.32. The molecule has 0 fully saturated rings. The van der Waals surface area contributed by atoms with Gasteiger partial charge in [-0.1, -0.05) is 0 Å². The van der Waals surface area contributed by atoms with Gasteiger partial charge in [-0.05, 0) is 11.6 Å². The summed E-state index contributed by atoms with van der Waals surface area (Å²) in [5, 5.41) is 8.80. The first-order chi connectivity index (χ1) is 7.81. The summed E-state index contributed by atoms with van der Waals surface area (Å²) in [5.74, 6) is 0. The van der Waals surface area contributed by atoms with Crippen LogP contribution in [0.25, 0.3) is 0 Å². The van der Waals surface area contributed by atoms with Crippen LogP contribution in [0.3, 0.4) is 0 Å². The van der Waals surface area contributed by atoms with Crippen molar-refractivity contribution in [1.29, 1.82) is 0 Å². The van der Waals surface area contributed by atoms with Crippen LogP contribution in [0.15, 0.2) is 6.07 Å². The van der Waals surface area contributed by atoms with Gasteiger partial charge in [-0.3, -0.25) is 0 Å². The standard InChI is InChI=1S/C9H9F5N2O/c10-8(11)5-1-4(2-15)6(3-17)16-7(5)9(12,13)14/h1,8,17H,2-3,15H2. The molecule has 0 aliphatic carbocycles. The fourth-order valence-electron chi connectivity index (χ4n) is 1.32. The number of aliphatic hydroxyl groups is 1. The van der Waals surface area contributed by atoms with Crippen LogP contribution in [0.5, 0.6) is 0 Å². The molecule has 1 aromatic rings. The third-order valence-corrected chi connectivity index (χ3v) is 2.09. The second-order valence-corrected chi connectivity index (χ2v) is 3.19. The van der Waals surface area contributed by atoms with Crippen LogP contribution in [0.2, 0.25) is 0 Å². The van der Waals surface area contributed by atoms with Gasteiger partial charge in [-0.2, -0.15) is 13.2 Å². The van der Waals surface area contributed by atoms with Crippen molar-refractivity contribution in [2.75, 3.05) is 0 Å². The Balaban J connectivity index is 3.46. The summed E-state index contributed by atoms with van der Waals surface area (Å²) in [6.45, 7) is -1.07. The molecule has 0 aliphatic rings. The van der Waals surface area contributed by atoms with Gasteiger partial charge in [0.05, 0.1) is 12.3 Å². The highest BCUT2D eigenvalue weighted by Crippen LogP contribution is 2.35. The van der Waals surface area contributed by atoms with Crippen LogP contribution in [-0.4, -0.2) is 10.1 Å². The number of pyridine rings is 1. The van der Waals surface area contributed by atoms with Gasteiger partial charge in [0.1, 0.15) is 0 Å². The zero-order valence-electron chi connectivity index (χ0n) is 8.43. The molecule has 3 nitrogen and oxygen atoms in total. The van der Waals surface area contributed by atoms with Crippen molar-refractivity contribution in [3.8, 4) is 0 Å². The lowest BCUT2D eigenvalue weighted by Crippen LogP contribution is -2.16. The minimum absolute atomic E-state index is 0.0317. The zero-order chi connectivity index (χ0) is 13.2. The minimum atomic E-state index is -5.00. The Labute approximate surface area is 93.1 Å². The van der Waals surface area contributed by atoms with E-state index in [9.17, 15) is 22.0 Å². The number of nitrogens with two attached hydrogens (primary N) is 1. The van der Waals surface area contributed by atoms with E-state index in [1.54, 1.807) is 0 Å². The molecule has 3 N–H and O–H groups in total. The number of rotatable bonds is 3. The summed E-state index contributed by atoms with van der Waals surface area (Å²) < 4.78 is 62.3. The molecule has 1 heterocycles. The molecule has 0 radical (unpaired) electrons. The molecule has 96 valence electrons. The van der Waals surface area contributed by atoms with E-state index in [-0.39, 0.29) is 17.8 Å². The smallest absolute Gasteiger partial charge is 0.390 e. The number of alkyl halides is 5. The van der Waals surface area contributed by atoms with E-state index < -0.39 is 30.5 Å². The first kappa shape index (κ1) is 13.8. The van der Waals surface area contributed by atoms with Crippen molar-refractivity contribution >= 4 is 0 Å². The number of aromatic nitrogens is 1. The Morgan fingerprint density at radius 1 is 1.35 bits per heavy atom. The number of nitrogens with zero attached hydrogens (tertiary/aromatic N) is 1. The highest BCUT2D eigenvalue weighted by Gasteiger charge is 2.38. The van der Waals surface area contributed by atoms with Crippen LogP contribution in [0.4, 0.5) is 22.0 Å². The molecule has 1 aromatic heterocycles. The lowest BCUT2D eigenvalue weighted by atomic mass is 10.1. The zero-order valence-corrected chi connectivity index (χ0v) is 8.43. The van der Waals surface area contributed by atoms with Gasteiger partial charge in [0.2, 0.25) is 0 Å². The molecule has 1 rings (SSSR count). The maximum Gasteiger partial charge on any atom is 0.433 e. The van der Waals surface area contributed by atoms with E-state index in [1.807, 2.05) is 0 Å². The molecule has 0 unspecified atom stereocenters. The van der Waals surface area contributed by atoms with Gasteiger partial charge in [-0.15, -0.1) is 0 Å². The Hall–Kier alpha value is -1.28. The molecular weight excluding hydrogens is 247 g/mol. The van der Waals surface area contributed by atoms with E-state index in [4.69, 9.17) is 10.8 Å². The molecule has 0 aliphatic heterocycles. The summed E-state index contributed by atoms with van der Waals surface area (Å²) in [6, 6.07) is 0.631. The fraction of sp³-hybridized carbons (Fsp3) is 0.444. The summed E-state index contributed by atoms with van der Waals surface area (Å²) in [7, 11) is 0. The molecule has 0 saturated carbocycles. The molecular formula is C9H9F5N2O. The normalized spacial score (nSPS) is 12.2. The summed E-state index contributed by atoms with van der Waals surface area (Å²) in [6.07, 6.45) is -8.31. The summed E-state index contributed by atoms with van der Waals surface area (Å²) >= 11 is 0. The van der Waals surface area contributed by atoms with Crippen molar-refractivity contribution in [1.82, 2.24) is 4.98 Å². The third kappa shape index (κ3) is 2.89. The van der Waals surface area contributed by atoms with Crippen molar-refractivity contribution in [2.45, 2.75) is 25.8 Å². The molecule has 0 atom stereocenters. The van der Waals surface area contributed by atoms with Crippen molar-refractivity contribution in [3.63, 3.8) is 0 Å².